The second-order valence-electron chi connectivity index (χ2n) is 5.47. The SMILES string of the molecule is Cc1cc(Cl)ccc1C(=O)N1CCn2c1nc1ccccc12. The van der Waals surface area contributed by atoms with Crippen molar-refractivity contribution in [3.63, 3.8) is 0 Å². The van der Waals surface area contributed by atoms with Gasteiger partial charge in [-0.1, -0.05) is 23.7 Å². The minimum absolute atomic E-state index is 0.0248. The predicted molar refractivity (Wildman–Crippen MR) is 87.6 cm³/mol. The maximum Gasteiger partial charge on any atom is 0.260 e. The molecular formula is C17H14ClN3O. The smallest absolute Gasteiger partial charge is 0.260 e. The van der Waals surface area contributed by atoms with E-state index in [2.05, 4.69) is 9.55 Å². The minimum Gasteiger partial charge on any atom is -0.308 e. The summed E-state index contributed by atoms with van der Waals surface area (Å²) < 4.78 is 2.10. The summed E-state index contributed by atoms with van der Waals surface area (Å²) in [6, 6.07) is 13.3. The van der Waals surface area contributed by atoms with Crippen LogP contribution in [-0.2, 0) is 6.54 Å². The summed E-state index contributed by atoms with van der Waals surface area (Å²) in [5.41, 5.74) is 3.54. The van der Waals surface area contributed by atoms with Crippen LogP contribution in [0.25, 0.3) is 11.0 Å². The molecule has 1 aliphatic rings. The van der Waals surface area contributed by atoms with E-state index in [1.807, 2.05) is 37.3 Å². The number of carbonyl (C=O) groups excluding carboxylic acids is 1. The number of imidazole rings is 1. The number of hydrogen-bond donors (Lipinski definition) is 0. The summed E-state index contributed by atoms with van der Waals surface area (Å²) in [6.07, 6.45) is 0. The van der Waals surface area contributed by atoms with Crippen LogP contribution in [0.4, 0.5) is 5.95 Å². The van der Waals surface area contributed by atoms with Gasteiger partial charge in [-0.3, -0.25) is 9.69 Å². The Morgan fingerprint density at radius 1 is 1.18 bits per heavy atom. The second kappa shape index (κ2) is 4.85. The van der Waals surface area contributed by atoms with Crippen molar-refractivity contribution < 1.29 is 4.79 Å². The Morgan fingerprint density at radius 3 is 2.82 bits per heavy atom. The Balaban J connectivity index is 1.78. The molecule has 1 amide bonds. The molecule has 0 aliphatic carbocycles. The van der Waals surface area contributed by atoms with Gasteiger partial charge in [0.15, 0.2) is 0 Å². The van der Waals surface area contributed by atoms with Gasteiger partial charge in [0.25, 0.3) is 5.91 Å². The van der Waals surface area contributed by atoms with Gasteiger partial charge in [-0.25, -0.2) is 4.98 Å². The summed E-state index contributed by atoms with van der Waals surface area (Å²) in [7, 11) is 0. The van der Waals surface area contributed by atoms with Gasteiger partial charge in [-0.2, -0.15) is 0 Å². The van der Waals surface area contributed by atoms with Crippen molar-refractivity contribution in [2.75, 3.05) is 11.4 Å². The highest BCUT2D eigenvalue weighted by molar-refractivity contribution is 6.30. The van der Waals surface area contributed by atoms with Gasteiger partial charge in [-0.15, -0.1) is 0 Å². The lowest BCUT2D eigenvalue weighted by atomic mass is 10.1. The summed E-state index contributed by atoms with van der Waals surface area (Å²) in [6.45, 7) is 3.32. The average molecular weight is 312 g/mol. The summed E-state index contributed by atoms with van der Waals surface area (Å²) >= 11 is 5.97. The van der Waals surface area contributed by atoms with E-state index in [1.54, 1.807) is 17.0 Å². The molecule has 0 bridgehead atoms. The van der Waals surface area contributed by atoms with E-state index in [-0.39, 0.29) is 5.91 Å². The molecule has 1 aliphatic heterocycles. The molecule has 110 valence electrons. The zero-order valence-electron chi connectivity index (χ0n) is 12.1. The number of aryl methyl sites for hydroxylation is 1. The van der Waals surface area contributed by atoms with E-state index < -0.39 is 0 Å². The number of halogens is 1. The van der Waals surface area contributed by atoms with Gasteiger partial charge in [0.2, 0.25) is 5.95 Å². The number of anilines is 1. The largest absolute Gasteiger partial charge is 0.308 e. The van der Waals surface area contributed by atoms with Crippen molar-refractivity contribution in [3.05, 3.63) is 58.6 Å². The highest BCUT2D eigenvalue weighted by atomic mass is 35.5. The van der Waals surface area contributed by atoms with Crippen LogP contribution >= 0.6 is 11.6 Å². The van der Waals surface area contributed by atoms with E-state index in [4.69, 9.17) is 11.6 Å². The van der Waals surface area contributed by atoms with Crippen LogP contribution in [0.5, 0.6) is 0 Å². The number of aromatic nitrogens is 2. The number of fused-ring (bicyclic) bond motifs is 3. The zero-order valence-corrected chi connectivity index (χ0v) is 12.8. The highest BCUT2D eigenvalue weighted by Crippen LogP contribution is 2.29. The van der Waals surface area contributed by atoms with Gasteiger partial charge >= 0.3 is 0 Å². The molecule has 1 aromatic heterocycles. The average Bonchev–Trinajstić information content (AvgIpc) is 3.05. The van der Waals surface area contributed by atoms with E-state index in [9.17, 15) is 4.79 Å². The number of amides is 1. The number of para-hydroxylation sites is 2. The lowest BCUT2D eigenvalue weighted by molar-refractivity contribution is 0.0988. The molecule has 2 aromatic carbocycles. The van der Waals surface area contributed by atoms with Crippen molar-refractivity contribution >= 4 is 34.5 Å². The first-order valence-electron chi connectivity index (χ1n) is 7.18. The van der Waals surface area contributed by atoms with E-state index in [0.717, 1.165) is 29.1 Å². The Kier molecular flexibility index (Phi) is 2.94. The van der Waals surface area contributed by atoms with Gasteiger partial charge < -0.3 is 4.57 Å². The van der Waals surface area contributed by atoms with Gasteiger partial charge in [0.1, 0.15) is 0 Å². The Hall–Kier alpha value is -2.33. The number of carbonyl (C=O) groups is 1. The van der Waals surface area contributed by atoms with Crippen molar-refractivity contribution in [1.29, 1.82) is 0 Å². The van der Waals surface area contributed by atoms with E-state index >= 15 is 0 Å². The summed E-state index contributed by atoms with van der Waals surface area (Å²) in [5, 5.41) is 0.641. The molecule has 0 fully saturated rings. The van der Waals surface area contributed by atoms with Crippen LogP contribution in [0.1, 0.15) is 15.9 Å². The van der Waals surface area contributed by atoms with Crippen LogP contribution in [0.15, 0.2) is 42.5 Å². The van der Waals surface area contributed by atoms with Gasteiger partial charge in [-0.05, 0) is 42.8 Å². The molecule has 2 heterocycles. The summed E-state index contributed by atoms with van der Waals surface area (Å²) in [5.74, 6) is 0.698. The van der Waals surface area contributed by atoms with Crippen LogP contribution < -0.4 is 4.90 Å². The molecule has 0 saturated carbocycles. The number of benzene rings is 2. The first kappa shape index (κ1) is 13.3. The molecule has 0 saturated heterocycles. The maximum absolute atomic E-state index is 12.8. The van der Waals surface area contributed by atoms with Gasteiger partial charge in [0.05, 0.1) is 11.0 Å². The molecule has 4 nitrogen and oxygen atoms in total. The van der Waals surface area contributed by atoms with Crippen LogP contribution in [0, 0.1) is 6.92 Å². The minimum atomic E-state index is -0.0248. The Morgan fingerprint density at radius 2 is 2.00 bits per heavy atom. The van der Waals surface area contributed by atoms with E-state index in [0.29, 0.717) is 17.1 Å². The maximum atomic E-state index is 12.8. The molecule has 22 heavy (non-hydrogen) atoms. The number of hydrogen-bond acceptors (Lipinski definition) is 2. The quantitative estimate of drug-likeness (QED) is 0.688. The summed E-state index contributed by atoms with van der Waals surface area (Å²) in [4.78, 5) is 19.2. The van der Waals surface area contributed by atoms with Crippen LogP contribution in [-0.4, -0.2) is 22.0 Å². The second-order valence-corrected chi connectivity index (χ2v) is 5.90. The molecule has 0 atom stereocenters. The standard InChI is InChI=1S/C17H14ClN3O/c1-11-10-12(18)6-7-13(11)16(22)21-9-8-20-15-5-3-2-4-14(15)19-17(20)21/h2-7,10H,8-9H2,1H3. The normalized spacial score (nSPS) is 13.6. The highest BCUT2D eigenvalue weighted by Gasteiger charge is 2.29. The van der Waals surface area contributed by atoms with Crippen LogP contribution in [0.2, 0.25) is 5.02 Å². The van der Waals surface area contributed by atoms with Gasteiger partial charge in [0, 0.05) is 23.7 Å². The molecule has 4 rings (SSSR count). The van der Waals surface area contributed by atoms with Crippen molar-refractivity contribution in [2.24, 2.45) is 0 Å². The predicted octanol–water partition coefficient (Wildman–Crippen LogP) is 3.66. The molecule has 0 radical (unpaired) electrons. The third-order valence-electron chi connectivity index (χ3n) is 4.09. The van der Waals surface area contributed by atoms with Crippen molar-refractivity contribution in [3.8, 4) is 0 Å². The zero-order chi connectivity index (χ0) is 15.3. The Bertz CT molecular complexity index is 900. The topological polar surface area (TPSA) is 38.1 Å². The lowest BCUT2D eigenvalue weighted by Crippen LogP contribution is -2.30. The fourth-order valence-corrected chi connectivity index (χ4v) is 3.22. The van der Waals surface area contributed by atoms with Crippen LogP contribution in [0.3, 0.4) is 0 Å². The fourth-order valence-electron chi connectivity index (χ4n) is 2.99. The number of rotatable bonds is 1. The lowest BCUT2D eigenvalue weighted by Gasteiger charge is -2.15. The molecule has 3 aromatic rings. The van der Waals surface area contributed by atoms with E-state index in [1.165, 1.54) is 0 Å². The first-order chi connectivity index (χ1) is 10.6. The van der Waals surface area contributed by atoms with Crippen molar-refractivity contribution in [2.45, 2.75) is 13.5 Å². The van der Waals surface area contributed by atoms with Crippen molar-refractivity contribution in [1.82, 2.24) is 9.55 Å². The molecule has 5 heteroatoms. The third-order valence-corrected chi connectivity index (χ3v) is 4.32. The monoisotopic (exact) mass is 311 g/mol. The fraction of sp³-hybridized carbons (Fsp3) is 0.176. The first-order valence-corrected chi connectivity index (χ1v) is 7.56. The molecule has 0 spiro atoms. The molecular weight excluding hydrogens is 298 g/mol. The molecule has 0 unspecified atom stereocenters. The molecule has 0 N–H and O–H groups in total. The number of nitrogens with zero attached hydrogens (tertiary/aromatic N) is 3. The third kappa shape index (κ3) is 1.91. The Labute approximate surface area is 132 Å².